The summed E-state index contributed by atoms with van der Waals surface area (Å²) in [6, 6.07) is 5.27. The highest BCUT2D eigenvalue weighted by molar-refractivity contribution is 9.10. The summed E-state index contributed by atoms with van der Waals surface area (Å²) >= 11 is 3.25. The number of benzene rings is 1. The Morgan fingerprint density at radius 3 is 2.87 bits per heavy atom. The van der Waals surface area contributed by atoms with Crippen LogP contribution in [-0.4, -0.2) is 6.04 Å². The molecule has 1 aromatic rings. The molecule has 0 heterocycles. The second-order valence-electron chi connectivity index (χ2n) is 3.57. The van der Waals surface area contributed by atoms with Crippen LogP contribution in [0.5, 0.6) is 0 Å². The minimum Gasteiger partial charge on any atom is -0.271 e. The van der Waals surface area contributed by atoms with E-state index in [1.807, 2.05) is 6.07 Å². The van der Waals surface area contributed by atoms with Crippen LogP contribution in [0.25, 0.3) is 0 Å². The third-order valence-electron chi connectivity index (χ3n) is 2.37. The van der Waals surface area contributed by atoms with E-state index in [-0.39, 0.29) is 11.9 Å². The molecule has 0 aliphatic carbocycles. The normalized spacial score (nSPS) is 12.8. The molecule has 0 spiro atoms. The Morgan fingerprint density at radius 2 is 2.27 bits per heavy atom. The molecule has 1 atom stereocenters. The van der Waals surface area contributed by atoms with Crippen LogP contribution < -0.4 is 11.3 Å². The van der Waals surface area contributed by atoms with Gasteiger partial charge in [-0.25, -0.2) is 4.39 Å². The molecule has 0 amide bonds. The maximum atomic E-state index is 13.2. The second kappa shape index (κ2) is 6.20. The van der Waals surface area contributed by atoms with Gasteiger partial charge in [0.15, 0.2) is 0 Å². The summed E-state index contributed by atoms with van der Waals surface area (Å²) in [7, 11) is 0. The molecule has 0 aliphatic rings. The van der Waals surface area contributed by atoms with Crippen molar-refractivity contribution in [2.75, 3.05) is 0 Å². The monoisotopic (exact) mass is 274 g/mol. The molecule has 0 aliphatic heterocycles. The van der Waals surface area contributed by atoms with Crippen molar-refractivity contribution in [3.8, 4) is 0 Å². The Labute approximate surface area is 98.1 Å². The van der Waals surface area contributed by atoms with Gasteiger partial charge in [0.25, 0.3) is 0 Å². The van der Waals surface area contributed by atoms with Crippen LogP contribution >= 0.6 is 15.9 Å². The molecule has 1 aromatic carbocycles. The molecule has 0 aromatic heterocycles. The number of nitrogens with two attached hydrogens (primary N) is 1. The summed E-state index contributed by atoms with van der Waals surface area (Å²) in [4.78, 5) is 0. The summed E-state index contributed by atoms with van der Waals surface area (Å²) in [5, 5.41) is 0. The van der Waals surface area contributed by atoms with E-state index in [0.717, 1.165) is 24.8 Å². The molecule has 0 saturated heterocycles. The Balaban J connectivity index is 2.74. The fraction of sp³-hybridized carbons (Fsp3) is 0.455. The van der Waals surface area contributed by atoms with Crippen molar-refractivity contribution in [2.24, 2.45) is 5.84 Å². The van der Waals surface area contributed by atoms with E-state index in [2.05, 4.69) is 28.3 Å². The molecule has 15 heavy (non-hydrogen) atoms. The van der Waals surface area contributed by atoms with Gasteiger partial charge in [-0.3, -0.25) is 11.3 Å². The number of hydrazine groups is 1. The van der Waals surface area contributed by atoms with Crippen molar-refractivity contribution >= 4 is 15.9 Å². The first kappa shape index (κ1) is 12.6. The zero-order valence-corrected chi connectivity index (χ0v) is 10.3. The predicted octanol–water partition coefficient (Wildman–Crippen LogP) is 2.76. The van der Waals surface area contributed by atoms with Crippen molar-refractivity contribution in [2.45, 2.75) is 32.2 Å². The minimum atomic E-state index is -0.222. The molecule has 0 bridgehead atoms. The van der Waals surface area contributed by atoms with Gasteiger partial charge in [-0.15, -0.1) is 0 Å². The van der Waals surface area contributed by atoms with Gasteiger partial charge in [-0.1, -0.05) is 25.5 Å². The number of rotatable bonds is 5. The molecule has 1 unspecified atom stereocenters. The van der Waals surface area contributed by atoms with Gasteiger partial charge in [-0.2, -0.15) is 0 Å². The summed E-state index contributed by atoms with van der Waals surface area (Å²) in [6.07, 6.45) is 2.78. The van der Waals surface area contributed by atoms with Crippen molar-refractivity contribution in [1.82, 2.24) is 5.43 Å². The van der Waals surface area contributed by atoms with Crippen molar-refractivity contribution < 1.29 is 4.39 Å². The van der Waals surface area contributed by atoms with Gasteiger partial charge < -0.3 is 0 Å². The highest BCUT2D eigenvalue weighted by atomic mass is 79.9. The van der Waals surface area contributed by atoms with Crippen LogP contribution in [0.1, 0.15) is 25.3 Å². The van der Waals surface area contributed by atoms with Crippen LogP contribution in [0.3, 0.4) is 0 Å². The number of hydrogen-bond acceptors (Lipinski definition) is 2. The summed E-state index contributed by atoms with van der Waals surface area (Å²) in [5.74, 6) is 5.21. The Bertz CT molecular complexity index is 317. The lowest BCUT2D eigenvalue weighted by Gasteiger charge is -2.15. The van der Waals surface area contributed by atoms with Gasteiger partial charge in [-0.05, 0) is 40.4 Å². The molecule has 84 valence electrons. The molecular weight excluding hydrogens is 259 g/mol. The fourth-order valence-corrected chi connectivity index (χ4v) is 1.99. The summed E-state index contributed by atoms with van der Waals surface area (Å²) in [5.41, 5.74) is 3.71. The Kier molecular flexibility index (Phi) is 5.22. The van der Waals surface area contributed by atoms with E-state index in [0.29, 0.717) is 4.47 Å². The first-order valence-corrected chi connectivity index (χ1v) is 5.87. The Morgan fingerprint density at radius 1 is 1.53 bits per heavy atom. The Hall–Kier alpha value is -0.450. The van der Waals surface area contributed by atoms with Gasteiger partial charge in [0.2, 0.25) is 0 Å². The number of hydrogen-bond donors (Lipinski definition) is 2. The fourth-order valence-electron chi connectivity index (χ4n) is 1.56. The third-order valence-corrected chi connectivity index (χ3v) is 3.26. The van der Waals surface area contributed by atoms with Gasteiger partial charge in [0, 0.05) is 6.04 Å². The maximum Gasteiger partial charge on any atom is 0.137 e. The van der Waals surface area contributed by atoms with Crippen molar-refractivity contribution in [3.63, 3.8) is 0 Å². The maximum absolute atomic E-state index is 13.2. The van der Waals surface area contributed by atoms with Crippen LogP contribution in [0.2, 0.25) is 0 Å². The van der Waals surface area contributed by atoms with Crippen LogP contribution in [0.4, 0.5) is 4.39 Å². The lowest BCUT2D eigenvalue weighted by Crippen LogP contribution is -2.36. The van der Waals surface area contributed by atoms with E-state index < -0.39 is 0 Å². The molecule has 0 radical (unpaired) electrons. The number of nitrogens with one attached hydrogen (secondary N) is 1. The summed E-state index contributed by atoms with van der Waals surface area (Å²) in [6.45, 7) is 2.10. The first-order chi connectivity index (χ1) is 7.19. The van der Waals surface area contributed by atoms with E-state index in [4.69, 9.17) is 5.84 Å². The zero-order valence-electron chi connectivity index (χ0n) is 8.76. The van der Waals surface area contributed by atoms with Crippen LogP contribution in [-0.2, 0) is 6.42 Å². The first-order valence-electron chi connectivity index (χ1n) is 5.08. The predicted molar refractivity (Wildman–Crippen MR) is 63.8 cm³/mol. The average molecular weight is 275 g/mol. The highest BCUT2D eigenvalue weighted by Gasteiger charge is 2.10. The quantitative estimate of drug-likeness (QED) is 0.640. The second-order valence-corrected chi connectivity index (χ2v) is 4.36. The molecule has 4 heteroatoms. The molecular formula is C11H16BrFN2. The third kappa shape index (κ3) is 3.55. The van der Waals surface area contributed by atoms with Crippen LogP contribution in [0, 0.1) is 5.82 Å². The van der Waals surface area contributed by atoms with E-state index in [1.165, 1.54) is 6.07 Å². The smallest absolute Gasteiger partial charge is 0.137 e. The SMILES string of the molecule is CCCC(Cc1cccc(F)c1Br)NN. The topological polar surface area (TPSA) is 38.0 Å². The van der Waals surface area contributed by atoms with Gasteiger partial charge >= 0.3 is 0 Å². The largest absolute Gasteiger partial charge is 0.271 e. The molecule has 0 saturated carbocycles. The molecule has 2 nitrogen and oxygen atoms in total. The zero-order chi connectivity index (χ0) is 11.3. The highest BCUT2D eigenvalue weighted by Crippen LogP contribution is 2.22. The molecule has 0 fully saturated rings. The lowest BCUT2D eigenvalue weighted by molar-refractivity contribution is 0.484. The van der Waals surface area contributed by atoms with Crippen LogP contribution in [0.15, 0.2) is 22.7 Å². The van der Waals surface area contributed by atoms with Gasteiger partial charge in [0.1, 0.15) is 5.82 Å². The van der Waals surface area contributed by atoms with E-state index in [9.17, 15) is 4.39 Å². The average Bonchev–Trinajstić information content (AvgIpc) is 2.24. The van der Waals surface area contributed by atoms with Crippen molar-refractivity contribution in [1.29, 1.82) is 0 Å². The minimum absolute atomic E-state index is 0.202. The molecule has 1 rings (SSSR count). The molecule has 3 N–H and O–H groups in total. The number of halogens is 2. The standard InChI is InChI=1S/C11H16BrFN2/c1-2-4-9(15-14)7-8-5-3-6-10(13)11(8)12/h3,5-6,9,15H,2,4,7,14H2,1H3. The summed E-state index contributed by atoms with van der Waals surface area (Å²) < 4.78 is 13.8. The lowest BCUT2D eigenvalue weighted by atomic mass is 10.0. The van der Waals surface area contributed by atoms with Crippen molar-refractivity contribution in [3.05, 3.63) is 34.1 Å². The van der Waals surface area contributed by atoms with Gasteiger partial charge in [0.05, 0.1) is 4.47 Å². The van der Waals surface area contributed by atoms with E-state index in [1.54, 1.807) is 6.07 Å². The van der Waals surface area contributed by atoms with E-state index >= 15 is 0 Å².